The van der Waals surface area contributed by atoms with E-state index in [1.165, 1.54) is 0 Å². The molecule has 1 aromatic carbocycles. The Morgan fingerprint density at radius 3 is 2.63 bits per heavy atom. The molecule has 158 valence electrons. The maximum absolute atomic E-state index is 12.8. The average Bonchev–Trinajstić information content (AvgIpc) is 3.43. The van der Waals surface area contributed by atoms with Crippen molar-refractivity contribution in [3.63, 3.8) is 0 Å². The number of ether oxygens (including phenoxy) is 1. The van der Waals surface area contributed by atoms with Gasteiger partial charge in [0.1, 0.15) is 11.4 Å². The number of hydrogen-bond acceptors (Lipinski definition) is 6. The number of carbonyl (C=O) groups is 1. The summed E-state index contributed by atoms with van der Waals surface area (Å²) in [6.45, 7) is 0.715. The number of halogens is 3. The van der Waals surface area contributed by atoms with Crippen molar-refractivity contribution in [1.29, 1.82) is 0 Å². The number of nitrogens with zero attached hydrogens (tertiary/aromatic N) is 4. The molecule has 1 N–H and O–H groups in total. The highest BCUT2D eigenvalue weighted by molar-refractivity contribution is 5.93. The lowest BCUT2D eigenvalue weighted by molar-refractivity contribution is -0.157. The molecule has 0 unspecified atom stereocenters. The first-order valence-corrected chi connectivity index (χ1v) is 9.25. The number of para-hydroxylation sites is 1. The van der Waals surface area contributed by atoms with Crippen molar-refractivity contribution in [2.24, 2.45) is 0 Å². The average molecular weight is 421 g/mol. The van der Waals surface area contributed by atoms with Gasteiger partial charge in [-0.15, -0.1) is 10.2 Å². The first kappa shape index (κ1) is 19.9. The van der Waals surface area contributed by atoms with Crippen LogP contribution in [-0.2, 0) is 6.18 Å². The van der Waals surface area contributed by atoms with Gasteiger partial charge < -0.3 is 14.1 Å². The molecular formula is C19H18F3N5O3. The fourth-order valence-electron chi connectivity index (χ4n) is 3.44. The molecule has 2 aromatic heterocycles. The van der Waals surface area contributed by atoms with Crippen LogP contribution < -0.4 is 4.74 Å². The normalized spacial score (nSPS) is 15.4. The lowest BCUT2D eigenvalue weighted by Crippen LogP contribution is -2.38. The molecule has 11 heteroatoms. The van der Waals surface area contributed by atoms with Gasteiger partial charge in [0.2, 0.25) is 5.89 Å². The second-order valence-electron chi connectivity index (χ2n) is 6.88. The first-order valence-electron chi connectivity index (χ1n) is 9.25. The summed E-state index contributed by atoms with van der Waals surface area (Å²) in [5.74, 6) is -1.31. The molecule has 1 aliphatic heterocycles. The maximum atomic E-state index is 12.8. The molecule has 8 nitrogen and oxygen atoms in total. The number of hydrogen-bond donors (Lipinski definition) is 1. The fraction of sp³-hybridized carbons (Fsp3) is 0.368. The van der Waals surface area contributed by atoms with Gasteiger partial charge in [-0.05, 0) is 31.0 Å². The van der Waals surface area contributed by atoms with Crippen LogP contribution in [-0.4, -0.2) is 51.4 Å². The number of piperidine rings is 1. The highest BCUT2D eigenvalue weighted by atomic mass is 19.4. The summed E-state index contributed by atoms with van der Waals surface area (Å²) >= 11 is 0. The van der Waals surface area contributed by atoms with Gasteiger partial charge in [0.05, 0.1) is 12.8 Å². The third-order valence-electron chi connectivity index (χ3n) is 5.01. The minimum atomic E-state index is -4.67. The Kier molecular flexibility index (Phi) is 5.18. The van der Waals surface area contributed by atoms with Gasteiger partial charge in [-0.2, -0.15) is 18.3 Å². The Balaban J connectivity index is 1.41. The molecular weight excluding hydrogens is 403 g/mol. The summed E-state index contributed by atoms with van der Waals surface area (Å²) in [7, 11) is 1.56. The van der Waals surface area contributed by atoms with Gasteiger partial charge in [0.25, 0.3) is 5.91 Å². The predicted molar refractivity (Wildman–Crippen MR) is 97.8 cm³/mol. The Morgan fingerprint density at radius 2 is 1.97 bits per heavy atom. The lowest BCUT2D eigenvalue weighted by Gasteiger charge is -2.30. The number of amides is 1. The molecule has 0 saturated carbocycles. The van der Waals surface area contributed by atoms with Crippen LogP contribution in [0.4, 0.5) is 13.2 Å². The number of rotatable bonds is 4. The second-order valence-corrected chi connectivity index (χ2v) is 6.88. The van der Waals surface area contributed by atoms with Crippen LogP contribution >= 0.6 is 0 Å². The molecule has 0 spiro atoms. The summed E-state index contributed by atoms with van der Waals surface area (Å²) in [5, 5.41) is 13.5. The quantitative estimate of drug-likeness (QED) is 0.693. The van der Waals surface area contributed by atoms with Gasteiger partial charge in [-0.25, -0.2) is 0 Å². The molecule has 0 atom stereocenters. The van der Waals surface area contributed by atoms with Crippen LogP contribution in [0.2, 0.25) is 0 Å². The van der Waals surface area contributed by atoms with Gasteiger partial charge in [-0.1, -0.05) is 12.1 Å². The van der Waals surface area contributed by atoms with Crippen LogP contribution in [0, 0.1) is 0 Å². The zero-order valence-electron chi connectivity index (χ0n) is 15.9. The summed E-state index contributed by atoms with van der Waals surface area (Å²) in [4.78, 5) is 14.4. The van der Waals surface area contributed by atoms with Crippen LogP contribution in [0.5, 0.6) is 5.75 Å². The number of aromatic nitrogens is 4. The molecule has 4 rings (SSSR count). The second kappa shape index (κ2) is 7.81. The Bertz CT molecular complexity index is 1040. The number of nitrogens with one attached hydrogen (secondary N) is 1. The van der Waals surface area contributed by atoms with Crippen molar-refractivity contribution in [2.75, 3.05) is 20.2 Å². The number of alkyl halides is 3. The molecule has 30 heavy (non-hydrogen) atoms. The van der Waals surface area contributed by atoms with Crippen molar-refractivity contribution in [3.8, 4) is 17.0 Å². The van der Waals surface area contributed by atoms with Gasteiger partial charge in [0, 0.05) is 24.6 Å². The van der Waals surface area contributed by atoms with Gasteiger partial charge in [-0.3, -0.25) is 9.89 Å². The number of benzene rings is 1. The van der Waals surface area contributed by atoms with Crippen molar-refractivity contribution >= 4 is 5.91 Å². The van der Waals surface area contributed by atoms with E-state index in [2.05, 4.69) is 20.4 Å². The molecule has 1 aliphatic rings. The Labute approximate surface area is 169 Å². The molecule has 0 radical (unpaired) electrons. The molecule has 1 fully saturated rings. The SMILES string of the molecule is COc1ccccc1-c1cc(C(=O)N2CCC(c3nnc(C(F)(F)F)o3)CC2)[nH]n1. The molecule has 1 saturated heterocycles. The molecule has 0 aliphatic carbocycles. The summed E-state index contributed by atoms with van der Waals surface area (Å²) in [6.07, 6.45) is -3.81. The van der Waals surface area contributed by atoms with E-state index in [0.717, 1.165) is 5.56 Å². The fourth-order valence-corrected chi connectivity index (χ4v) is 3.44. The number of aromatic amines is 1. The van der Waals surface area contributed by atoms with E-state index in [1.807, 2.05) is 18.2 Å². The highest BCUT2D eigenvalue weighted by Gasteiger charge is 2.39. The topological polar surface area (TPSA) is 97.1 Å². The van der Waals surface area contributed by atoms with Gasteiger partial charge in [0.15, 0.2) is 0 Å². The van der Waals surface area contributed by atoms with E-state index in [-0.39, 0.29) is 17.7 Å². The Morgan fingerprint density at radius 1 is 1.23 bits per heavy atom. The summed E-state index contributed by atoms with van der Waals surface area (Å²) < 4.78 is 48.0. The van der Waals surface area contributed by atoms with Crippen molar-refractivity contribution in [3.05, 3.63) is 47.8 Å². The summed E-state index contributed by atoms with van der Waals surface area (Å²) in [5.41, 5.74) is 1.66. The summed E-state index contributed by atoms with van der Waals surface area (Å²) in [6, 6.07) is 8.99. The van der Waals surface area contributed by atoms with Gasteiger partial charge >= 0.3 is 12.1 Å². The molecule has 3 heterocycles. The smallest absolute Gasteiger partial charge is 0.470 e. The molecule has 3 aromatic rings. The number of H-pyrrole nitrogens is 1. The third-order valence-corrected chi connectivity index (χ3v) is 5.01. The Hall–Kier alpha value is -3.37. The third kappa shape index (κ3) is 3.87. The van der Waals surface area contributed by atoms with Crippen molar-refractivity contribution in [1.82, 2.24) is 25.3 Å². The van der Waals surface area contributed by atoms with E-state index in [9.17, 15) is 18.0 Å². The first-order chi connectivity index (χ1) is 14.4. The van der Waals surface area contributed by atoms with E-state index < -0.39 is 12.1 Å². The maximum Gasteiger partial charge on any atom is 0.470 e. The van der Waals surface area contributed by atoms with E-state index in [4.69, 9.17) is 9.15 Å². The predicted octanol–water partition coefficient (Wildman–Crippen LogP) is 3.51. The largest absolute Gasteiger partial charge is 0.496 e. The van der Waals surface area contributed by atoms with Crippen LogP contribution in [0.15, 0.2) is 34.7 Å². The van der Waals surface area contributed by atoms with Crippen LogP contribution in [0.25, 0.3) is 11.3 Å². The van der Waals surface area contributed by atoms with Crippen LogP contribution in [0.3, 0.4) is 0 Å². The van der Waals surface area contributed by atoms with E-state index >= 15 is 0 Å². The monoisotopic (exact) mass is 421 g/mol. The van der Waals surface area contributed by atoms with Crippen LogP contribution in [0.1, 0.15) is 41.0 Å². The van der Waals surface area contributed by atoms with E-state index in [1.54, 1.807) is 24.1 Å². The zero-order chi connectivity index (χ0) is 21.3. The van der Waals surface area contributed by atoms with Crippen molar-refractivity contribution < 1.29 is 27.1 Å². The molecule has 1 amide bonds. The zero-order valence-corrected chi connectivity index (χ0v) is 15.9. The number of methoxy groups -OCH3 is 1. The molecule has 0 bridgehead atoms. The standard InChI is InChI=1S/C19H18F3N5O3/c1-29-15-5-3-2-4-12(15)13-10-14(24-23-13)17(28)27-8-6-11(7-9-27)16-25-26-18(30-16)19(20,21)22/h2-5,10-11H,6-9H2,1H3,(H,23,24). The minimum absolute atomic E-state index is 0.0468. The minimum Gasteiger partial charge on any atom is -0.496 e. The number of carbonyl (C=O) groups excluding carboxylic acids is 1. The van der Waals surface area contributed by atoms with E-state index in [0.29, 0.717) is 43.1 Å². The highest BCUT2D eigenvalue weighted by Crippen LogP contribution is 2.33. The van der Waals surface area contributed by atoms with Crippen molar-refractivity contribution in [2.45, 2.75) is 24.9 Å². The number of likely N-dealkylation sites (tertiary alicyclic amines) is 1. The lowest BCUT2D eigenvalue weighted by atomic mass is 9.96.